The van der Waals surface area contributed by atoms with Crippen molar-refractivity contribution < 1.29 is 4.74 Å². The van der Waals surface area contributed by atoms with E-state index in [-0.39, 0.29) is 5.60 Å². The molecule has 3 nitrogen and oxygen atoms in total. The molecule has 2 aliphatic rings. The summed E-state index contributed by atoms with van der Waals surface area (Å²) in [6, 6.07) is 1.41. The zero-order valence-electron chi connectivity index (χ0n) is 12.5. The van der Waals surface area contributed by atoms with Gasteiger partial charge in [0.2, 0.25) is 0 Å². The normalized spacial score (nSPS) is 33.8. The Morgan fingerprint density at radius 1 is 1.39 bits per heavy atom. The standard InChI is InChI=1S/C15H30N2O/c1-12(2)9-13-11-17(7-6-16-13)14-5-8-18-15(3,4)10-14/h12-14,16H,5-11H2,1-4H3. The third-order valence-electron chi connectivity index (χ3n) is 4.23. The number of ether oxygens (including phenoxy) is 1. The SMILES string of the molecule is CC(C)CC1CN(C2CCOC(C)(C)C2)CCN1. The first-order chi connectivity index (χ1) is 8.46. The van der Waals surface area contributed by atoms with E-state index in [9.17, 15) is 0 Å². The molecule has 0 aromatic carbocycles. The van der Waals surface area contributed by atoms with E-state index in [1.54, 1.807) is 0 Å². The summed E-state index contributed by atoms with van der Waals surface area (Å²) in [4.78, 5) is 2.70. The Bertz CT molecular complexity index is 265. The molecule has 2 heterocycles. The second-order valence-corrected chi connectivity index (χ2v) is 7.03. The zero-order valence-corrected chi connectivity index (χ0v) is 12.5. The van der Waals surface area contributed by atoms with Gasteiger partial charge in [0.05, 0.1) is 5.60 Å². The Hall–Kier alpha value is -0.120. The van der Waals surface area contributed by atoms with E-state index in [4.69, 9.17) is 4.74 Å². The summed E-state index contributed by atoms with van der Waals surface area (Å²) in [6.07, 6.45) is 3.68. The molecule has 106 valence electrons. The molecule has 2 aliphatic heterocycles. The van der Waals surface area contributed by atoms with Gasteiger partial charge in [-0.1, -0.05) is 13.8 Å². The lowest BCUT2D eigenvalue weighted by Gasteiger charge is -2.44. The lowest BCUT2D eigenvalue weighted by molar-refractivity contribution is -0.0864. The van der Waals surface area contributed by atoms with Crippen molar-refractivity contribution in [3.8, 4) is 0 Å². The number of piperazine rings is 1. The fourth-order valence-corrected chi connectivity index (χ4v) is 3.42. The van der Waals surface area contributed by atoms with Crippen LogP contribution >= 0.6 is 0 Å². The van der Waals surface area contributed by atoms with Gasteiger partial charge in [-0.05, 0) is 39.0 Å². The summed E-state index contributed by atoms with van der Waals surface area (Å²) >= 11 is 0. The molecule has 2 saturated heterocycles. The lowest BCUT2D eigenvalue weighted by Crippen LogP contribution is -2.56. The average Bonchev–Trinajstić information content (AvgIpc) is 2.27. The molecule has 0 saturated carbocycles. The van der Waals surface area contributed by atoms with Crippen molar-refractivity contribution in [1.82, 2.24) is 10.2 Å². The lowest BCUT2D eigenvalue weighted by atomic mass is 9.91. The van der Waals surface area contributed by atoms with E-state index < -0.39 is 0 Å². The Kier molecular flexibility index (Phi) is 4.68. The molecule has 0 spiro atoms. The number of rotatable bonds is 3. The van der Waals surface area contributed by atoms with Crippen LogP contribution in [0.15, 0.2) is 0 Å². The molecular weight excluding hydrogens is 224 g/mol. The smallest absolute Gasteiger partial charge is 0.0641 e. The van der Waals surface area contributed by atoms with Crippen molar-refractivity contribution in [3.05, 3.63) is 0 Å². The van der Waals surface area contributed by atoms with Gasteiger partial charge in [0, 0.05) is 38.3 Å². The molecule has 2 fully saturated rings. The molecule has 0 amide bonds. The topological polar surface area (TPSA) is 24.5 Å². The minimum Gasteiger partial charge on any atom is -0.375 e. The Balaban J connectivity index is 1.88. The van der Waals surface area contributed by atoms with Gasteiger partial charge in [-0.25, -0.2) is 0 Å². The van der Waals surface area contributed by atoms with Crippen LogP contribution in [0.5, 0.6) is 0 Å². The molecular formula is C15H30N2O. The third-order valence-corrected chi connectivity index (χ3v) is 4.23. The average molecular weight is 254 g/mol. The first-order valence-corrected chi connectivity index (χ1v) is 7.58. The summed E-state index contributed by atoms with van der Waals surface area (Å²) in [7, 11) is 0. The third kappa shape index (κ3) is 3.94. The van der Waals surface area contributed by atoms with Crippen molar-refractivity contribution >= 4 is 0 Å². The number of nitrogens with zero attached hydrogens (tertiary/aromatic N) is 1. The summed E-state index contributed by atoms with van der Waals surface area (Å²) < 4.78 is 5.84. The van der Waals surface area contributed by atoms with Crippen LogP contribution in [-0.2, 0) is 4.74 Å². The van der Waals surface area contributed by atoms with Gasteiger partial charge in [0.15, 0.2) is 0 Å². The highest BCUT2D eigenvalue weighted by atomic mass is 16.5. The van der Waals surface area contributed by atoms with Crippen molar-refractivity contribution in [2.75, 3.05) is 26.2 Å². The second kappa shape index (κ2) is 5.89. The fraction of sp³-hybridized carbons (Fsp3) is 1.00. The van der Waals surface area contributed by atoms with E-state index in [1.165, 1.54) is 32.4 Å². The summed E-state index contributed by atoms with van der Waals surface area (Å²) in [5.41, 5.74) is 0.0708. The molecule has 0 aromatic heterocycles. The largest absolute Gasteiger partial charge is 0.375 e. The van der Waals surface area contributed by atoms with Crippen LogP contribution in [0.3, 0.4) is 0 Å². The molecule has 2 unspecified atom stereocenters. The first kappa shape index (κ1) is 14.3. The van der Waals surface area contributed by atoms with Gasteiger partial charge in [0.25, 0.3) is 0 Å². The van der Waals surface area contributed by atoms with Crippen LogP contribution in [0.1, 0.15) is 47.0 Å². The summed E-state index contributed by atoms with van der Waals surface area (Å²) in [5.74, 6) is 0.786. The van der Waals surface area contributed by atoms with Gasteiger partial charge < -0.3 is 10.1 Å². The number of nitrogens with one attached hydrogen (secondary N) is 1. The quantitative estimate of drug-likeness (QED) is 0.836. The van der Waals surface area contributed by atoms with Crippen LogP contribution in [-0.4, -0.2) is 48.8 Å². The highest BCUT2D eigenvalue weighted by molar-refractivity contribution is 4.89. The van der Waals surface area contributed by atoms with Gasteiger partial charge >= 0.3 is 0 Å². The van der Waals surface area contributed by atoms with Crippen LogP contribution in [0.2, 0.25) is 0 Å². The van der Waals surface area contributed by atoms with Gasteiger partial charge in [-0.2, -0.15) is 0 Å². The summed E-state index contributed by atoms with van der Waals surface area (Å²) in [6.45, 7) is 13.6. The minimum atomic E-state index is 0.0708. The molecule has 0 radical (unpaired) electrons. The Morgan fingerprint density at radius 3 is 2.83 bits per heavy atom. The maximum Gasteiger partial charge on any atom is 0.0641 e. The molecule has 18 heavy (non-hydrogen) atoms. The number of hydrogen-bond donors (Lipinski definition) is 1. The van der Waals surface area contributed by atoms with Crippen LogP contribution in [0, 0.1) is 5.92 Å². The van der Waals surface area contributed by atoms with E-state index >= 15 is 0 Å². The van der Waals surface area contributed by atoms with Crippen molar-refractivity contribution in [2.24, 2.45) is 5.92 Å². The van der Waals surface area contributed by atoms with Crippen LogP contribution < -0.4 is 5.32 Å². The highest BCUT2D eigenvalue weighted by Crippen LogP contribution is 2.28. The number of hydrogen-bond acceptors (Lipinski definition) is 3. The molecule has 0 aliphatic carbocycles. The molecule has 2 atom stereocenters. The molecule has 0 bridgehead atoms. The maximum absolute atomic E-state index is 5.84. The van der Waals surface area contributed by atoms with E-state index in [1.807, 2.05) is 0 Å². The van der Waals surface area contributed by atoms with E-state index in [2.05, 4.69) is 37.9 Å². The minimum absolute atomic E-state index is 0.0708. The van der Waals surface area contributed by atoms with Gasteiger partial charge in [-0.15, -0.1) is 0 Å². The second-order valence-electron chi connectivity index (χ2n) is 7.03. The highest BCUT2D eigenvalue weighted by Gasteiger charge is 2.34. The van der Waals surface area contributed by atoms with Crippen LogP contribution in [0.25, 0.3) is 0 Å². The van der Waals surface area contributed by atoms with Crippen LogP contribution in [0.4, 0.5) is 0 Å². The first-order valence-electron chi connectivity index (χ1n) is 7.58. The molecule has 3 heteroatoms. The van der Waals surface area contributed by atoms with Crippen molar-refractivity contribution in [2.45, 2.75) is 64.6 Å². The molecule has 2 rings (SSSR count). The van der Waals surface area contributed by atoms with Gasteiger partial charge in [-0.3, -0.25) is 4.90 Å². The predicted molar refractivity (Wildman–Crippen MR) is 75.9 cm³/mol. The summed E-state index contributed by atoms with van der Waals surface area (Å²) in [5, 5.41) is 3.67. The zero-order chi connectivity index (χ0) is 13.2. The van der Waals surface area contributed by atoms with Crippen molar-refractivity contribution in [1.29, 1.82) is 0 Å². The van der Waals surface area contributed by atoms with Gasteiger partial charge in [0.1, 0.15) is 0 Å². The van der Waals surface area contributed by atoms with E-state index in [0.717, 1.165) is 25.1 Å². The van der Waals surface area contributed by atoms with Crippen molar-refractivity contribution in [3.63, 3.8) is 0 Å². The fourth-order valence-electron chi connectivity index (χ4n) is 3.42. The van der Waals surface area contributed by atoms with E-state index in [0.29, 0.717) is 6.04 Å². The maximum atomic E-state index is 5.84. The molecule has 1 N–H and O–H groups in total. The molecule has 0 aromatic rings. The monoisotopic (exact) mass is 254 g/mol. The predicted octanol–water partition coefficient (Wildman–Crippen LogP) is 2.26. The Labute approximate surface area is 112 Å². The Morgan fingerprint density at radius 2 is 2.17 bits per heavy atom.